The van der Waals surface area contributed by atoms with Gasteiger partial charge < -0.3 is 5.32 Å². The minimum Gasteiger partial charge on any atom is -0.384 e. The van der Waals surface area contributed by atoms with Gasteiger partial charge in [-0.3, -0.25) is 0 Å². The normalized spacial score (nSPS) is 14.9. The monoisotopic (exact) mass is 258 g/mol. The third-order valence-electron chi connectivity index (χ3n) is 3.59. The summed E-state index contributed by atoms with van der Waals surface area (Å²) in [5.41, 5.74) is 3.50. The maximum absolute atomic E-state index is 14.1. The fraction of sp³-hybridized carbons (Fsp3) is 0.438. The van der Waals surface area contributed by atoms with Gasteiger partial charge in [0.2, 0.25) is 0 Å². The van der Waals surface area contributed by atoms with Crippen molar-refractivity contribution in [3.05, 3.63) is 35.3 Å². The topological polar surface area (TPSA) is 24.9 Å². The number of benzene rings is 1. The third kappa shape index (κ3) is 2.42. The van der Waals surface area contributed by atoms with Gasteiger partial charge in [-0.1, -0.05) is 6.92 Å². The Morgan fingerprint density at radius 3 is 2.79 bits per heavy atom. The Morgan fingerprint density at radius 1 is 1.32 bits per heavy atom. The number of aryl methyl sites for hydroxylation is 1. The van der Waals surface area contributed by atoms with Crippen molar-refractivity contribution in [3.63, 3.8) is 0 Å². The largest absolute Gasteiger partial charge is 0.384 e. The lowest BCUT2D eigenvalue weighted by atomic mass is 10.1. The highest BCUT2D eigenvalue weighted by Crippen LogP contribution is 2.41. The van der Waals surface area contributed by atoms with Gasteiger partial charge in [-0.2, -0.15) is 0 Å². The molecule has 1 heterocycles. The van der Waals surface area contributed by atoms with Crippen LogP contribution >= 0.6 is 0 Å². The van der Waals surface area contributed by atoms with Gasteiger partial charge in [0.05, 0.1) is 0 Å². The maximum atomic E-state index is 14.1. The quantitative estimate of drug-likeness (QED) is 0.880. The molecule has 1 aliphatic rings. The number of nitrogens with one attached hydrogen (secondary N) is 1. The van der Waals surface area contributed by atoms with Crippen LogP contribution in [-0.2, 0) is 0 Å². The average Bonchev–Trinajstić information content (AvgIpc) is 3.20. The Bertz CT molecular complexity index is 618. The lowest BCUT2D eigenvalue weighted by Crippen LogP contribution is -2.03. The first-order chi connectivity index (χ1) is 9.19. The van der Waals surface area contributed by atoms with Gasteiger partial charge >= 0.3 is 0 Å². The highest BCUT2D eigenvalue weighted by atomic mass is 19.1. The Kier molecular flexibility index (Phi) is 3.13. The molecule has 1 saturated carbocycles. The number of rotatable bonds is 4. The minimum atomic E-state index is -0.211. The zero-order valence-electron chi connectivity index (χ0n) is 11.5. The number of anilines is 1. The Labute approximate surface area is 113 Å². The molecule has 3 heteroatoms. The summed E-state index contributed by atoms with van der Waals surface area (Å²) in [6.07, 6.45) is 3.41. The number of hydrogen-bond acceptors (Lipinski definition) is 2. The van der Waals surface area contributed by atoms with E-state index >= 15 is 0 Å². The summed E-state index contributed by atoms with van der Waals surface area (Å²) in [4.78, 5) is 4.53. The van der Waals surface area contributed by atoms with Crippen LogP contribution in [0.2, 0.25) is 0 Å². The smallest absolute Gasteiger partial charge is 0.149 e. The van der Waals surface area contributed by atoms with Gasteiger partial charge in [-0.05, 0) is 49.9 Å². The standard InChI is InChI=1S/C16H19FN2/c1-3-6-18-15-9-14(11-4-5-11)19-16-12(15)7-10(2)8-13(16)17/h7-9,11H,3-6H2,1-2H3,(H,18,19). The first-order valence-electron chi connectivity index (χ1n) is 7.03. The third-order valence-corrected chi connectivity index (χ3v) is 3.59. The molecule has 0 spiro atoms. The SMILES string of the molecule is CCCNc1cc(C2CC2)nc2c(F)cc(C)cc12. The molecule has 0 bridgehead atoms. The second-order valence-corrected chi connectivity index (χ2v) is 5.44. The van der Waals surface area contributed by atoms with E-state index in [1.807, 2.05) is 13.0 Å². The molecule has 19 heavy (non-hydrogen) atoms. The second-order valence-electron chi connectivity index (χ2n) is 5.44. The van der Waals surface area contributed by atoms with Crippen molar-refractivity contribution in [2.24, 2.45) is 0 Å². The zero-order chi connectivity index (χ0) is 13.4. The lowest BCUT2D eigenvalue weighted by Gasteiger charge is -2.12. The van der Waals surface area contributed by atoms with Gasteiger partial charge in [0, 0.05) is 29.2 Å². The highest BCUT2D eigenvalue weighted by Gasteiger charge is 2.26. The molecule has 0 aliphatic heterocycles. The summed E-state index contributed by atoms with van der Waals surface area (Å²) in [6.45, 7) is 4.95. The van der Waals surface area contributed by atoms with Crippen LogP contribution < -0.4 is 5.32 Å². The number of aromatic nitrogens is 1. The van der Waals surface area contributed by atoms with E-state index in [2.05, 4.69) is 23.3 Å². The van der Waals surface area contributed by atoms with Crippen LogP contribution in [-0.4, -0.2) is 11.5 Å². The van der Waals surface area contributed by atoms with Crippen LogP contribution in [0, 0.1) is 12.7 Å². The molecule has 0 amide bonds. The number of fused-ring (bicyclic) bond motifs is 1. The van der Waals surface area contributed by atoms with Crippen LogP contribution in [0.15, 0.2) is 18.2 Å². The van der Waals surface area contributed by atoms with Crippen molar-refractivity contribution in [2.75, 3.05) is 11.9 Å². The van der Waals surface area contributed by atoms with Gasteiger partial charge in [-0.15, -0.1) is 0 Å². The molecule has 0 saturated heterocycles. The van der Waals surface area contributed by atoms with E-state index in [1.54, 1.807) is 6.07 Å². The van der Waals surface area contributed by atoms with E-state index in [0.717, 1.165) is 35.3 Å². The van der Waals surface area contributed by atoms with E-state index < -0.39 is 0 Å². The summed E-state index contributed by atoms with van der Waals surface area (Å²) in [6, 6.07) is 5.68. The van der Waals surface area contributed by atoms with Crippen LogP contribution in [0.5, 0.6) is 0 Å². The first kappa shape index (κ1) is 12.4. The number of halogens is 1. The van der Waals surface area contributed by atoms with Gasteiger partial charge in [0.1, 0.15) is 11.3 Å². The molecule has 0 unspecified atom stereocenters. The van der Waals surface area contributed by atoms with E-state index in [0.29, 0.717) is 11.4 Å². The zero-order valence-corrected chi connectivity index (χ0v) is 11.5. The van der Waals surface area contributed by atoms with Crippen molar-refractivity contribution in [1.29, 1.82) is 0 Å². The summed E-state index contributed by atoms with van der Waals surface area (Å²) in [5, 5.41) is 4.31. The summed E-state index contributed by atoms with van der Waals surface area (Å²) >= 11 is 0. The molecule has 1 aromatic carbocycles. The fourth-order valence-electron chi connectivity index (χ4n) is 2.43. The van der Waals surface area contributed by atoms with Crippen molar-refractivity contribution in [3.8, 4) is 0 Å². The van der Waals surface area contributed by atoms with E-state index in [4.69, 9.17) is 0 Å². The molecule has 2 nitrogen and oxygen atoms in total. The second kappa shape index (κ2) is 4.80. The molecule has 3 rings (SSSR count). The predicted octanol–water partition coefficient (Wildman–Crippen LogP) is 4.38. The molecule has 1 aromatic heterocycles. The molecular weight excluding hydrogens is 239 g/mol. The van der Waals surface area contributed by atoms with Crippen molar-refractivity contribution >= 4 is 16.6 Å². The number of nitrogens with zero attached hydrogens (tertiary/aromatic N) is 1. The summed E-state index contributed by atoms with van der Waals surface area (Å²) in [7, 11) is 0. The van der Waals surface area contributed by atoms with E-state index in [9.17, 15) is 4.39 Å². The van der Waals surface area contributed by atoms with Crippen molar-refractivity contribution in [2.45, 2.75) is 39.0 Å². The molecule has 0 atom stereocenters. The molecule has 0 radical (unpaired) electrons. The van der Waals surface area contributed by atoms with Gasteiger partial charge in [-0.25, -0.2) is 9.37 Å². The lowest BCUT2D eigenvalue weighted by molar-refractivity contribution is 0.635. The Hall–Kier alpha value is -1.64. The summed E-state index contributed by atoms with van der Waals surface area (Å²) in [5.74, 6) is 0.323. The highest BCUT2D eigenvalue weighted by molar-refractivity contribution is 5.92. The number of hydrogen-bond donors (Lipinski definition) is 1. The van der Waals surface area contributed by atoms with Gasteiger partial charge in [0.25, 0.3) is 0 Å². The van der Waals surface area contributed by atoms with Crippen molar-refractivity contribution < 1.29 is 4.39 Å². The van der Waals surface area contributed by atoms with E-state index in [1.165, 1.54) is 12.8 Å². The number of pyridine rings is 1. The minimum absolute atomic E-state index is 0.211. The van der Waals surface area contributed by atoms with Crippen LogP contribution in [0.3, 0.4) is 0 Å². The molecule has 1 N–H and O–H groups in total. The summed E-state index contributed by atoms with van der Waals surface area (Å²) < 4.78 is 14.1. The molecule has 1 aliphatic carbocycles. The van der Waals surface area contributed by atoms with Gasteiger partial charge in [0.15, 0.2) is 0 Å². The van der Waals surface area contributed by atoms with Crippen LogP contribution in [0.25, 0.3) is 10.9 Å². The average molecular weight is 258 g/mol. The first-order valence-corrected chi connectivity index (χ1v) is 7.03. The molecule has 1 fully saturated rings. The molecule has 2 aromatic rings. The Balaban J connectivity index is 2.17. The van der Waals surface area contributed by atoms with Crippen LogP contribution in [0.4, 0.5) is 10.1 Å². The molecule has 100 valence electrons. The predicted molar refractivity (Wildman–Crippen MR) is 77.2 cm³/mol. The van der Waals surface area contributed by atoms with E-state index in [-0.39, 0.29) is 5.82 Å². The van der Waals surface area contributed by atoms with Crippen LogP contribution in [0.1, 0.15) is 43.4 Å². The maximum Gasteiger partial charge on any atom is 0.149 e. The molecular formula is C16H19FN2. The van der Waals surface area contributed by atoms with Crippen molar-refractivity contribution in [1.82, 2.24) is 4.98 Å². The fourth-order valence-corrected chi connectivity index (χ4v) is 2.43. The Morgan fingerprint density at radius 2 is 2.11 bits per heavy atom.